The van der Waals surface area contributed by atoms with Gasteiger partial charge in [0.2, 0.25) is 5.91 Å². The zero-order valence-corrected chi connectivity index (χ0v) is 15.9. The Morgan fingerprint density at radius 1 is 1.36 bits per heavy atom. The smallest absolute Gasteiger partial charge is 0.271 e. The first kappa shape index (κ1) is 19.6. The highest BCUT2D eigenvalue weighted by atomic mass is 16.2. The molecule has 2 aromatic rings. The van der Waals surface area contributed by atoms with Crippen LogP contribution in [0.3, 0.4) is 0 Å². The second kappa shape index (κ2) is 9.18. The Hall–Kier alpha value is -3.13. The van der Waals surface area contributed by atoms with Gasteiger partial charge in [-0.3, -0.25) is 9.59 Å². The number of nitrogens with zero attached hydrogens (tertiary/aromatic N) is 2. The molecule has 3 heterocycles. The van der Waals surface area contributed by atoms with Gasteiger partial charge in [0.15, 0.2) is 0 Å². The molecule has 1 aliphatic rings. The monoisotopic (exact) mass is 382 g/mol. The average molecular weight is 382 g/mol. The normalized spacial score (nSPS) is 15.0. The zero-order chi connectivity index (χ0) is 19.9. The predicted octanol–water partition coefficient (Wildman–Crippen LogP) is 1.40. The number of hydrogen-bond acceptors (Lipinski definition) is 6. The molecule has 0 aromatic carbocycles. The molecule has 1 aliphatic heterocycles. The van der Waals surface area contributed by atoms with Crippen molar-refractivity contribution >= 4 is 17.4 Å². The summed E-state index contributed by atoms with van der Waals surface area (Å²) in [5.41, 5.74) is 7.64. The molecule has 0 bridgehead atoms. The van der Waals surface area contributed by atoms with E-state index in [1.165, 1.54) is 6.08 Å². The van der Waals surface area contributed by atoms with Crippen LogP contribution in [0.1, 0.15) is 12.8 Å². The molecular weight excluding hydrogens is 356 g/mol. The van der Waals surface area contributed by atoms with E-state index in [4.69, 9.17) is 5.73 Å². The van der Waals surface area contributed by atoms with E-state index in [1.54, 1.807) is 23.4 Å². The van der Waals surface area contributed by atoms with Crippen LogP contribution in [-0.2, 0) is 4.79 Å². The molecule has 0 unspecified atom stereocenters. The fraction of sp³-hybridized carbons (Fsp3) is 0.350. The van der Waals surface area contributed by atoms with Crippen LogP contribution in [0.25, 0.3) is 11.1 Å². The van der Waals surface area contributed by atoms with Crippen LogP contribution in [0, 0.1) is 0 Å². The fourth-order valence-electron chi connectivity index (χ4n) is 3.24. The van der Waals surface area contributed by atoms with Crippen LogP contribution in [-0.4, -0.2) is 53.5 Å². The molecule has 1 amide bonds. The molecule has 0 spiro atoms. The van der Waals surface area contributed by atoms with Gasteiger partial charge in [-0.25, -0.2) is 4.98 Å². The van der Waals surface area contributed by atoms with E-state index in [0.717, 1.165) is 29.8 Å². The van der Waals surface area contributed by atoms with Crippen molar-refractivity contribution in [3.05, 3.63) is 53.1 Å². The van der Waals surface area contributed by atoms with E-state index < -0.39 is 0 Å². The molecule has 1 fully saturated rings. The van der Waals surface area contributed by atoms with Gasteiger partial charge in [-0.2, -0.15) is 0 Å². The summed E-state index contributed by atoms with van der Waals surface area (Å²) in [4.78, 5) is 33.1. The van der Waals surface area contributed by atoms with Gasteiger partial charge in [0.05, 0.1) is 0 Å². The van der Waals surface area contributed by atoms with Crippen LogP contribution >= 0.6 is 0 Å². The van der Waals surface area contributed by atoms with Gasteiger partial charge in [0.1, 0.15) is 11.5 Å². The molecule has 28 heavy (non-hydrogen) atoms. The largest absolute Gasteiger partial charge is 0.378 e. The third-order valence-electron chi connectivity index (χ3n) is 4.82. The van der Waals surface area contributed by atoms with E-state index in [0.29, 0.717) is 25.3 Å². The fourth-order valence-corrected chi connectivity index (χ4v) is 3.24. The third-order valence-corrected chi connectivity index (χ3v) is 4.82. The third kappa shape index (κ3) is 4.77. The van der Waals surface area contributed by atoms with Crippen molar-refractivity contribution in [1.82, 2.24) is 14.9 Å². The van der Waals surface area contributed by atoms with Gasteiger partial charge in [0.25, 0.3) is 5.56 Å². The maximum atomic E-state index is 12.3. The van der Waals surface area contributed by atoms with E-state index >= 15 is 0 Å². The number of pyridine rings is 2. The first-order valence-corrected chi connectivity index (χ1v) is 9.39. The number of nitrogens with one attached hydrogen (secondary N) is 3. The molecule has 8 heteroatoms. The van der Waals surface area contributed by atoms with E-state index in [1.807, 2.05) is 25.2 Å². The summed E-state index contributed by atoms with van der Waals surface area (Å²) >= 11 is 0. The van der Waals surface area contributed by atoms with Gasteiger partial charge in [-0.05, 0) is 36.6 Å². The summed E-state index contributed by atoms with van der Waals surface area (Å²) in [6, 6.07) is 5.83. The molecule has 0 atom stereocenters. The van der Waals surface area contributed by atoms with Crippen molar-refractivity contribution in [3.8, 4) is 11.1 Å². The number of likely N-dealkylation sites (tertiary alicyclic amines) is 1. The number of rotatable bonds is 6. The lowest BCUT2D eigenvalue weighted by Gasteiger charge is -2.32. The van der Waals surface area contributed by atoms with Crippen molar-refractivity contribution in [2.45, 2.75) is 18.9 Å². The standard InChI is InChI=1S/C20H26N6O2/c1-22-18-12-14(4-8-23-18)15-11-17(20(28)24-13-15)25-16-5-9-26(10-6-16)19(27)3-2-7-21/h2-4,8,11-13,16,25H,5-7,9-10,21H2,1H3,(H,22,23)(H,24,28). The second-order valence-electron chi connectivity index (χ2n) is 6.69. The maximum absolute atomic E-state index is 12.3. The average Bonchev–Trinajstić information content (AvgIpc) is 2.74. The zero-order valence-electron chi connectivity index (χ0n) is 15.9. The number of nitrogens with two attached hydrogens (primary N) is 1. The first-order chi connectivity index (χ1) is 13.6. The van der Waals surface area contributed by atoms with Crippen LogP contribution in [0.15, 0.2) is 47.5 Å². The van der Waals surface area contributed by atoms with Gasteiger partial charge >= 0.3 is 0 Å². The number of H-pyrrole nitrogens is 1. The number of piperidine rings is 1. The molecule has 0 saturated carbocycles. The first-order valence-electron chi connectivity index (χ1n) is 9.39. The quantitative estimate of drug-likeness (QED) is 0.561. The van der Waals surface area contributed by atoms with Crippen LogP contribution in [0.4, 0.5) is 11.5 Å². The molecular formula is C20H26N6O2. The molecule has 0 aliphatic carbocycles. The van der Waals surface area contributed by atoms with Crippen LogP contribution < -0.4 is 21.9 Å². The molecule has 2 aromatic heterocycles. The van der Waals surface area contributed by atoms with E-state index in [-0.39, 0.29) is 17.5 Å². The number of carbonyl (C=O) groups is 1. The summed E-state index contributed by atoms with van der Waals surface area (Å²) in [6.07, 6.45) is 8.18. The minimum Gasteiger partial charge on any atom is -0.378 e. The second-order valence-corrected chi connectivity index (χ2v) is 6.69. The van der Waals surface area contributed by atoms with Crippen molar-refractivity contribution in [3.63, 3.8) is 0 Å². The van der Waals surface area contributed by atoms with Crippen molar-refractivity contribution in [2.24, 2.45) is 5.73 Å². The van der Waals surface area contributed by atoms with E-state index in [9.17, 15) is 9.59 Å². The van der Waals surface area contributed by atoms with Gasteiger partial charge in [-0.1, -0.05) is 6.08 Å². The van der Waals surface area contributed by atoms with Crippen molar-refractivity contribution in [1.29, 1.82) is 0 Å². The van der Waals surface area contributed by atoms with E-state index in [2.05, 4.69) is 20.6 Å². The Morgan fingerprint density at radius 3 is 2.86 bits per heavy atom. The molecule has 148 valence electrons. The SMILES string of the molecule is CNc1cc(-c2c[nH]c(=O)c(NC3CCN(C(=O)C=CCN)CC3)c2)ccn1. The molecule has 1 saturated heterocycles. The number of aromatic amines is 1. The summed E-state index contributed by atoms with van der Waals surface area (Å²) in [7, 11) is 1.81. The lowest BCUT2D eigenvalue weighted by Crippen LogP contribution is -2.42. The number of hydrogen-bond donors (Lipinski definition) is 4. The lowest BCUT2D eigenvalue weighted by molar-refractivity contribution is -0.126. The Balaban J connectivity index is 1.67. The van der Waals surface area contributed by atoms with Gasteiger partial charge in [0, 0.05) is 56.8 Å². The topological polar surface area (TPSA) is 116 Å². The molecule has 5 N–H and O–H groups in total. The minimum atomic E-state index is -0.156. The van der Waals surface area contributed by atoms with Crippen LogP contribution in [0.2, 0.25) is 0 Å². The summed E-state index contributed by atoms with van der Waals surface area (Å²) in [5.74, 6) is 0.751. The highest BCUT2D eigenvalue weighted by molar-refractivity contribution is 5.87. The van der Waals surface area contributed by atoms with Crippen molar-refractivity contribution < 1.29 is 4.79 Å². The Kier molecular flexibility index (Phi) is 6.44. The Labute approximate surface area is 163 Å². The van der Waals surface area contributed by atoms with Crippen molar-refractivity contribution in [2.75, 3.05) is 37.3 Å². The molecule has 3 rings (SSSR count). The summed E-state index contributed by atoms with van der Waals surface area (Å²) in [5, 5.41) is 6.35. The highest BCUT2D eigenvalue weighted by Crippen LogP contribution is 2.23. The number of amides is 1. The lowest BCUT2D eigenvalue weighted by atomic mass is 10.0. The molecule has 8 nitrogen and oxygen atoms in total. The summed E-state index contributed by atoms with van der Waals surface area (Å²) in [6.45, 7) is 1.66. The predicted molar refractivity (Wildman–Crippen MR) is 111 cm³/mol. The maximum Gasteiger partial charge on any atom is 0.271 e. The Bertz CT molecular complexity index is 900. The molecule has 0 radical (unpaired) electrons. The highest BCUT2D eigenvalue weighted by Gasteiger charge is 2.22. The van der Waals surface area contributed by atoms with Crippen LogP contribution in [0.5, 0.6) is 0 Å². The number of carbonyl (C=O) groups excluding carboxylic acids is 1. The minimum absolute atomic E-state index is 0.0123. The summed E-state index contributed by atoms with van der Waals surface area (Å²) < 4.78 is 0. The van der Waals surface area contributed by atoms with Gasteiger partial charge < -0.3 is 26.3 Å². The van der Waals surface area contributed by atoms with Gasteiger partial charge in [-0.15, -0.1) is 0 Å². The number of anilines is 2. The Morgan fingerprint density at radius 2 is 2.14 bits per heavy atom. The number of aromatic nitrogens is 2.